The summed E-state index contributed by atoms with van der Waals surface area (Å²) in [6.45, 7) is 7.09. The van der Waals surface area contributed by atoms with Crippen LogP contribution in [0.15, 0.2) is 12.8 Å². The number of rotatable bonds is 3. The number of hydrogen-bond donors (Lipinski definition) is 0. The quantitative estimate of drug-likeness (QED) is 0.489. The third kappa shape index (κ3) is 2.80. The fraction of sp³-hybridized carbons (Fsp3) is 0.714. The Kier molecular flexibility index (Phi) is 2.77. The van der Waals surface area contributed by atoms with Crippen molar-refractivity contribution in [2.45, 2.75) is 13.3 Å². The normalized spacial score (nSPS) is 11.4. The second kappa shape index (κ2) is 2.88. The number of hydrogen-bond acceptors (Lipinski definition) is 0. The van der Waals surface area contributed by atoms with E-state index in [9.17, 15) is 0 Å². The van der Waals surface area contributed by atoms with Crippen molar-refractivity contribution in [1.82, 2.24) is 0 Å². The van der Waals surface area contributed by atoms with Gasteiger partial charge in [0.05, 0.1) is 26.8 Å². The molecule has 0 aromatic carbocycles. The Hall–Kier alpha value is -0.300. The van der Waals surface area contributed by atoms with Crippen LogP contribution in [-0.2, 0) is 0 Å². The molecule has 0 fully saturated rings. The fourth-order valence-electron chi connectivity index (χ4n) is 0.668. The minimum atomic E-state index is 0.927. The molecule has 0 saturated carbocycles. The van der Waals surface area contributed by atoms with Gasteiger partial charge in [-0.3, -0.25) is 0 Å². The van der Waals surface area contributed by atoms with Crippen molar-refractivity contribution in [3.05, 3.63) is 12.8 Å². The summed E-state index contributed by atoms with van der Waals surface area (Å²) < 4.78 is 0.927. The molecule has 0 saturated heterocycles. The Balaban J connectivity index is 3.53. The molecule has 0 N–H and O–H groups in total. The van der Waals surface area contributed by atoms with Gasteiger partial charge in [0, 0.05) is 0 Å². The number of nitrogens with zero attached hydrogens (tertiary/aromatic N) is 1. The molecule has 0 amide bonds. The van der Waals surface area contributed by atoms with Gasteiger partial charge in [-0.05, 0) is 13.0 Å². The Morgan fingerprint density at radius 3 is 2.12 bits per heavy atom. The predicted molar refractivity (Wildman–Crippen MR) is 37.5 cm³/mol. The molecule has 1 heteroatoms. The van der Waals surface area contributed by atoms with E-state index in [0.717, 1.165) is 4.48 Å². The average molecular weight is 114 g/mol. The highest BCUT2D eigenvalue weighted by Crippen LogP contribution is 1.97. The highest BCUT2D eigenvalue weighted by molar-refractivity contribution is 4.49. The topological polar surface area (TPSA) is 0 Å². The summed E-state index contributed by atoms with van der Waals surface area (Å²) >= 11 is 0. The summed E-state index contributed by atoms with van der Waals surface area (Å²) in [7, 11) is 4.30. The van der Waals surface area contributed by atoms with E-state index in [0.29, 0.717) is 0 Å². The van der Waals surface area contributed by atoms with Crippen LogP contribution in [0.1, 0.15) is 13.3 Å². The molecule has 48 valence electrons. The van der Waals surface area contributed by atoms with Crippen LogP contribution in [0.2, 0.25) is 0 Å². The van der Waals surface area contributed by atoms with Crippen LogP contribution in [0.3, 0.4) is 0 Å². The first-order valence-corrected chi connectivity index (χ1v) is 3.08. The van der Waals surface area contributed by atoms with Crippen molar-refractivity contribution >= 4 is 0 Å². The van der Waals surface area contributed by atoms with Crippen molar-refractivity contribution in [3.63, 3.8) is 0 Å². The van der Waals surface area contributed by atoms with Gasteiger partial charge in [-0.25, -0.2) is 0 Å². The SMILES string of the molecule is C=C[N+](C)(C)CCC. The first kappa shape index (κ1) is 7.70. The molecule has 0 heterocycles. The van der Waals surface area contributed by atoms with E-state index in [4.69, 9.17) is 0 Å². The molecular weight excluding hydrogens is 98.1 g/mol. The predicted octanol–water partition coefficient (Wildman–Crippen LogP) is 1.62. The van der Waals surface area contributed by atoms with Crippen LogP contribution in [-0.4, -0.2) is 25.1 Å². The van der Waals surface area contributed by atoms with Crippen LogP contribution >= 0.6 is 0 Å². The first-order chi connectivity index (χ1) is 3.62. The molecule has 0 atom stereocenters. The lowest BCUT2D eigenvalue weighted by Crippen LogP contribution is -2.33. The molecule has 0 aliphatic heterocycles. The highest BCUT2D eigenvalue weighted by Gasteiger charge is 2.05. The molecule has 0 spiro atoms. The third-order valence-electron chi connectivity index (χ3n) is 1.29. The van der Waals surface area contributed by atoms with E-state index < -0.39 is 0 Å². The molecule has 0 unspecified atom stereocenters. The van der Waals surface area contributed by atoms with Crippen LogP contribution in [0, 0.1) is 0 Å². The Bertz CT molecular complexity index is 74.5. The van der Waals surface area contributed by atoms with Gasteiger partial charge in [0.15, 0.2) is 0 Å². The largest absolute Gasteiger partial charge is 0.303 e. The Labute approximate surface area is 52.2 Å². The molecule has 0 aromatic rings. The summed E-state index contributed by atoms with van der Waals surface area (Å²) in [5, 5.41) is 0. The zero-order valence-electron chi connectivity index (χ0n) is 6.15. The standard InChI is InChI=1S/C7H16N/c1-5-7-8(3,4)6-2/h6H,2,5,7H2,1,3-4H3/q+1. The minimum absolute atomic E-state index is 0.927. The zero-order chi connectivity index (χ0) is 6.62. The fourth-order valence-corrected chi connectivity index (χ4v) is 0.668. The molecule has 0 rings (SSSR count). The molecule has 0 bridgehead atoms. The molecule has 0 radical (unpaired) electrons. The van der Waals surface area contributed by atoms with Gasteiger partial charge >= 0.3 is 0 Å². The van der Waals surface area contributed by atoms with Crippen LogP contribution in [0.25, 0.3) is 0 Å². The molecular formula is C7H16N+. The monoisotopic (exact) mass is 114 g/mol. The van der Waals surface area contributed by atoms with Gasteiger partial charge < -0.3 is 4.48 Å². The minimum Gasteiger partial charge on any atom is -0.303 e. The maximum absolute atomic E-state index is 3.72. The summed E-state index contributed by atoms with van der Waals surface area (Å²) in [5.41, 5.74) is 0. The van der Waals surface area contributed by atoms with E-state index in [2.05, 4.69) is 27.6 Å². The van der Waals surface area contributed by atoms with Gasteiger partial charge in [0.25, 0.3) is 0 Å². The van der Waals surface area contributed by atoms with Gasteiger partial charge in [-0.1, -0.05) is 6.92 Å². The van der Waals surface area contributed by atoms with Crippen LogP contribution in [0.4, 0.5) is 0 Å². The molecule has 1 nitrogen and oxygen atoms in total. The summed E-state index contributed by atoms with van der Waals surface area (Å²) in [6.07, 6.45) is 3.18. The van der Waals surface area contributed by atoms with Gasteiger partial charge in [-0.2, -0.15) is 0 Å². The molecule has 0 aliphatic rings. The van der Waals surface area contributed by atoms with E-state index in [1.807, 2.05) is 6.20 Å². The van der Waals surface area contributed by atoms with E-state index in [1.165, 1.54) is 13.0 Å². The van der Waals surface area contributed by atoms with Crippen molar-refractivity contribution < 1.29 is 4.48 Å². The van der Waals surface area contributed by atoms with Gasteiger partial charge in [0.1, 0.15) is 0 Å². The lowest BCUT2D eigenvalue weighted by atomic mass is 10.4. The Morgan fingerprint density at radius 2 is 2.00 bits per heavy atom. The van der Waals surface area contributed by atoms with E-state index in [1.54, 1.807) is 0 Å². The van der Waals surface area contributed by atoms with Gasteiger partial charge in [0.2, 0.25) is 0 Å². The maximum atomic E-state index is 3.72. The average Bonchev–Trinajstić information content (AvgIpc) is 1.67. The third-order valence-corrected chi connectivity index (χ3v) is 1.29. The van der Waals surface area contributed by atoms with E-state index in [-0.39, 0.29) is 0 Å². The second-order valence-corrected chi connectivity index (χ2v) is 2.68. The highest BCUT2D eigenvalue weighted by atomic mass is 15.3. The zero-order valence-corrected chi connectivity index (χ0v) is 6.15. The smallest absolute Gasteiger partial charge is 0.0881 e. The summed E-state index contributed by atoms with van der Waals surface area (Å²) in [5.74, 6) is 0. The first-order valence-electron chi connectivity index (χ1n) is 3.08. The van der Waals surface area contributed by atoms with Crippen molar-refractivity contribution in [2.75, 3.05) is 20.6 Å². The van der Waals surface area contributed by atoms with Crippen molar-refractivity contribution in [1.29, 1.82) is 0 Å². The summed E-state index contributed by atoms with van der Waals surface area (Å²) in [4.78, 5) is 0. The lowest BCUT2D eigenvalue weighted by molar-refractivity contribution is -0.838. The van der Waals surface area contributed by atoms with Gasteiger partial charge in [-0.15, -0.1) is 0 Å². The Morgan fingerprint density at radius 1 is 1.50 bits per heavy atom. The van der Waals surface area contributed by atoms with Crippen molar-refractivity contribution in [2.24, 2.45) is 0 Å². The molecule has 0 aromatic heterocycles. The number of quaternary nitrogens is 1. The van der Waals surface area contributed by atoms with Crippen LogP contribution in [0.5, 0.6) is 0 Å². The maximum Gasteiger partial charge on any atom is 0.0881 e. The van der Waals surface area contributed by atoms with E-state index >= 15 is 0 Å². The molecule has 8 heavy (non-hydrogen) atoms. The van der Waals surface area contributed by atoms with Crippen molar-refractivity contribution in [3.8, 4) is 0 Å². The second-order valence-electron chi connectivity index (χ2n) is 2.68. The summed E-state index contributed by atoms with van der Waals surface area (Å²) in [6, 6.07) is 0. The van der Waals surface area contributed by atoms with Crippen LogP contribution < -0.4 is 0 Å². The molecule has 0 aliphatic carbocycles. The lowest BCUT2D eigenvalue weighted by Gasteiger charge is -2.23.